The molecule has 0 radical (unpaired) electrons. The van der Waals surface area contributed by atoms with Crippen LogP contribution in [-0.4, -0.2) is 9.97 Å². The molecule has 3 nitrogen and oxygen atoms in total. The minimum absolute atomic E-state index is 0.247. The Balaban J connectivity index is 2.47. The van der Waals surface area contributed by atoms with Crippen molar-refractivity contribution >= 4 is 11.6 Å². The van der Waals surface area contributed by atoms with Gasteiger partial charge in [-0.2, -0.15) is 5.26 Å². The number of H-pyrrole nitrogens is 1. The van der Waals surface area contributed by atoms with E-state index in [0.29, 0.717) is 10.8 Å². The van der Waals surface area contributed by atoms with E-state index >= 15 is 0 Å². The highest BCUT2D eigenvalue weighted by atomic mass is 35.5. The lowest BCUT2D eigenvalue weighted by molar-refractivity contribution is 1.16. The van der Waals surface area contributed by atoms with Gasteiger partial charge >= 0.3 is 0 Å². The number of imidazole rings is 1. The van der Waals surface area contributed by atoms with Gasteiger partial charge in [0.1, 0.15) is 5.82 Å². The first kappa shape index (κ1) is 11.7. The first-order valence-electron chi connectivity index (χ1n) is 5.30. The lowest BCUT2D eigenvalue weighted by Crippen LogP contribution is -1.87. The Morgan fingerprint density at radius 1 is 1.41 bits per heavy atom. The predicted molar refractivity (Wildman–Crippen MR) is 67.8 cm³/mol. The minimum atomic E-state index is 0.247. The van der Waals surface area contributed by atoms with Crippen molar-refractivity contribution in [2.75, 3.05) is 0 Å². The van der Waals surface area contributed by atoms with Crippen LogP contribution in [0.2, 0.25) is 5.15 Å². The van der Waals surface area contributed by atoms with Gasteiger partial charge in [-0.1, -0.05) is 35.4 Å². The van der Waals surface area contributed by atoms with Crippen molar-refractivity contribution in [2.45, 2.75) is 20.3 Å². The lowest BCUT2D eigenvalue weighted by Gasteiger charge is -2.03. The number of halogens is 1. The summed E-state index contributed by atoms with van der Waals surface area (Å²) < 4.78 is 0. The van der Waals surface area contributed by atoms with E-state index in [-0.39, 0.29) is 6.42 Å². The summed E-state index contributed by atoms with van der Waals surface area (Å²) >= 11 is 5.96. The Hall–Kier alpha value is -1.79. The first-order chi connectivity index (χ1) is 8.11. The zero-order valence-corrected chi connectivity index (χ0v) is 10.5. The minimum Gasteiger partial charge on any atom is -0.340 e. The molecule has 0 saturated carbocycles. The molecule has 0 aliphatic rings. The topological polar surface area (TPSA) is 52.5 Å². The molecular weight excluding hydrogens is 234 g/mol. The summed E-state index contributed by atoms with van der Waals surface area (Å²) in [5.74, 6) is 0.720. The van der Waals surface area contributed by atoms with Gasteiger partial charge in [-0.15, -0.1) is 0 Å². The van der Waals surface area contributed by atoms with Crippen LogP contribution >= 0.6 is 11.6 Å². The number of aromatic nitrogens is 2. The fourth-order valence-corrected chi connectivity index (χ4v) is 1.99. The molecule has 1 N–H and O–H groups in total. The van der Waals surface area contributed by atoms with Gasteiger partial charge in [-0.05, 0) is 19.4 Å². The van der Waals surface area contributed by atoms with Crippen LogP contribution in [0.1, 0.15) is 16.8 Å². The second-order valence-corrected chi connectivity index (χ2v) is 4.37. The average molecular weight is 246 g/mol. The molecule has 1 aromatic carbocycles. The predicted octanol–water partition coefficient (Wildman–Crippen LogP) is 3.41. The summed E-state index contributed by atoms with van der Waals surface area (Å²) in [6.07, 6.45) is 0.247. The average Bonchev–Trinajstić information content (AvgIpc) is 2.60. The molecule has 0 spiro atoms. The molecule has 2 aromatic rings. The van der Waals surface area contributed by atoms with Crippen molar-refractivity contribution in [1.82, 2.24) is 9.97 Å². The van der Waals surface area contributed by atoms with E-state index in [2.05, 4.69) is 22.1 Å². The van der Waals surface area contributed by atoms with Gasteiger partial charge in [0, 0.05) is 5.56 Å². The van der Waals surface area contributed by atoms with Gasteiger partial charge in [0.15, 0.2) is 5.15 Å². The van der Waals surface area contributed by atoms with Crippen LogP contribution < -0.4 is 0 Å². The molecule has 0 aliphatic heterocycles. The second kappa shape index (κ2) is 4.60. The number of aryl methyl sites for hydroxylation is 2. The quantitative estimate of drug-likeness (QED) is 0.882. The molecule has 4 heteroatoms. The summed E-state index contributed by atoms with van der Waals surface area (Å²) in [5.41, 5.74) is 4.03. The lowest BCUT2D eigenvalue weighted by atomic mass is 10.1. The third kappa shape index (κ3) is 2.32. The monoisotopic (exact) mass is 245 g/mol. The van der Waals surface area contributed by atoms with Gasteiger partial charge < -0.3 is 4.98 Å². The second-order valence-electron chi connectivity index (χ2n) is 4.01. The Morgan fingerprint density at radius 2 is 2.18 bits per heavy atom. The van der Waals surface area contributed by atoms with Crippen LogP contribution in [0.3, 0.4) is 0 Å². The molecule has 2 rings (SSSR count). The van der Waals surface area contributed by atoms with Crippen LogP contribution in [0.25, 0.3) is 11.4 Å². The van der Waals surface area contributed by atoms with E-state index in [1.54, 1.807) is 0 Å². The van der Waals surface area contributed by atoms with Gasteiger partial charge in [0.25, 0.3) is 0 Å². The van der Waals surface area contributed by atoms with Crippen molar-refractivity contribution in [3.05, 3.63) is 40.2 Å². The number of hydrogen-bond acceptors (Lipinski definition) is 2. The number of nitriles is 1. The van der Waals surface area contributed by atoms with E-state index in [1.165, 1.54) is 5.56 Å². The van der Waals surface area contributed by atoms with Crippen LogP contribution in [0.4, 0.5) is 0 Å². The normalized spacial score (nSPS) is 10.2. The molecule has 17 heavy (non-hydrogen) atoms. The van der Waals surface area contributed by atoms with E-state index in [9.17, 15) is 0 Å². The largest absolute Gasteiger partial charge is 0.340 e. The molecule has 0 amide bonds. The molecule has 0 bridgehead atoms. The van der Waals surface area contributed by atoms with Crippen molar-refractivity contribution < 1.29 is 0 Å². The number of rotatable bonds is 2. The molecule has 0 atom stereocenters. The number of aromatic amines is 1. The Bertz CT molecular complexity index is 593. The summed E-state index contributed by atoms with van der Waals surface area (Å²) in [5, 5.41) is 9.03. The molecule has 86 valence electrons. The van der Waals surface area contributed by atoms with Gasteiger partial charge in [0.05, 0.1) is 18.2 Å². The molecule has 1 heterocycles. The number of nitrogens with zero attached hydrogens (tertiary/aromatic N) is 2. The maximum absolute atomic E-state index is 8.66. The summed E-state index contributed by atoms with van der Waals surface area (Å²) in [6.45, 7) is 4.08. The number of nitrogens with one attached hydrogen (secondary N) is 1. The highest BCUT2D eigenvalue weighted by molar-refractivity contribution is 6.30. The van der Waals surface area contributed by atoms with Crippen molar-refractivity contribution in [3.8, 4) is 17.5 Å². The van der Waals surface area contributed by atoms with Gasteiger partial charge in [-0.3, -0.25) is 0 Å². The van der Waals surface area contributed by atoms with E-state index in [0.717, 1.165) is 17.0 Å². The highest BCUT2D eigenvalue weighted by Gasteiger charge is 2.11. The van der Waals surface area contributed by atoms with Crippen molar-refractivity contribution in [1.29, 1.82) is 5.26 Å². The molecule has 0 saturated heterocycles. The Morgan fingerprint density at radius 3 is 2.82 bits per heavy atom. The van der Waals surface area contributed by atoms with E-state index in [1.807, 2.05) is 26.0 Å². The molecule has 1 aromatic heterocycles. The standard InChI is InChI=1S/C13H12ClN3/c1-8-3-4-10(9(2)7-8)13-16-11(5-6-15)12(14)17-13/h3-4,7H,5H2,1-2H3,(H,16,17). The third-order valence-electron chi connectivity index (χ3n) is 2.62. The van der Waals surface area contributed by atoms with E-state index < -0.39 is 0 Å². The maximum Gasteiger partial charge on any atom is 0.151 e. The fraction of sp³-hybridized carbons (Fsp3) is 0.231. The maximum atomic E-state index is 8.66. The number of benzene rings is 1. The van der Waals surface area contributed by atoms with Crippen LogP contribution in [0.15, 0.2) is 18.2 Å². The van der Waals surface area contributed by atoms with Gasteiger partial charge in [-0.25, -0.2) is 4.98 Å². The third-order valence-corrected chi connectivity index (χ3v) is 2.93. The molecular formula is C13H12ClN3. The highest BCUT2D eigenvalue weighted by Crippen LogP contribution is 2.25. The van der Waals surface area contributed by atoms with E-state index in [4.69, 9.17) is 16.9 Å². The van der Waals surface area contributed by atoms with Crippen LogP contribution in [0, 0.1) is 25.2 Å². The zero-order chi connectivity index (χ0) is 12.4. The van der Waals surface area contributed by atoms with Crippen LogP contribution in [0.5, 0.6) is 0 Å². The summed E-state index contributed by atoms with van der Waals surface area (Å²) in [4.78, 5) is 7.34. The Kier molecular flexibility index (Phi) is 3.16. The SMILES string of the molecule is Cc1ccc(-c2nc(Cl)c(CC#N)[nH]2)c(C)c1. The van der Waals surface area contributed by atoms with Crippen molar-refractivity contribution in [3.63, 3.8) is 0 Å². The number of hydrogen-bond donors (Lipinski definition) is 1. The molecule has 0 unspecified atom stereocenters. The zero-order valence-electron chi connectivity index (χ0n) is 9.71. The Labute approximate surface area is 105 Å². The first-order valence-corrected chi connectivity index (χ1v) is 5.68. The smallest absolute Gasteiger partial charge is 0.151 e. The molecule has 0 fully saturated rings. The summed E-state index contributed by atoms with van der Waals surface area (Å²) in [6, 6.07) is 8.19. The molecule has 0 aliphatic carbocycles. The van der Waals surface area contributed by atoms with Gasteiger partial charge in [0.2, 0.25) is 0 Å². The van der Waals surface area contributed by atoms with Crippen LogP contribution in [-0.2, 0) is 6.42 Å². The summed E-state index contributed by atoms with van der Waals surface area (Å²) in [7, 11) is 0. The fourth-order valence-electron chi connectivity index (χ4n) is 1.79. The van der Waals surface area contributed by atoms with Crippen molar-refractivity contribution in [2.24, 2.45) is 0 Å².